The van der Waals surface area contributed by atoms with Crippen LogP contribution in [0.1, 0.15) is 11.1 Å². The third kappa shape index (κ3) is 6.83. The molecule has 0 amide bonds. The summed E-state index contributed by atoms with van der Waals surface area (Å²) in [5.41, 5.74) is 1.94. The van der Waals surface area contributed by atoms with Crippen LogP contribution in [-0.4, -0.2) is 39.6 Å². The molecule has 0 spiro atoms. The fourth-order valence-electron chi connectivity index (χ4n) is 2.54. The lowest BCUT2D eigenvalue weighted by Gasteiger charge is -2.15. The number of halogens is 3. The summed E-state index contributed by atoms with van der Waals surface area (Å²) in [6.07, 6.45) is 0. The Bertz CT molecular complexity index is 945. The van der Waals surface area contributed by atoms with Gasteiger partial charge in [0.1, 0.15) is 12.4 Å². The maximum atomic E-state index is 13.0. The molecular formula is C19H21BrClFN5O2S-. The van der Waals surface area contributed by atoms with E-state index in [1.165, 1.54) is 12.1 Å². The van der Waals surface area contributed by atoms with Crippen molar-refractivity contribution in [1.29, 1.82) is 0 Å². The molecule has 1 aromatic heterocycles. The molecule has 1 N–H and O–H groups in total. The molecule has 0 aliphatic heterocycles. The van der Waals surface area contributed by atoms with Crippen LogP contribution < -0.4 is 27.2 Å². The summed E-state index contributed by atoms with van der Waals surface area (Å²) in [7, 11) is 3.43. The van der Waals surface area contributed by atoms with Gasteiger partial charge in [-0.2, -0.15) is 0 Å². The van der Waals surface area contributed by atoms with Gasteiger partial charge < -0.3 is 27.2 Å². The highest BCUT2D eigenvalue weighted by Gasteiger charge is 2.12. The van der Waals surface area contributed by atoms with Gasteiger partial charge in [-0.05, 0) is 61.7 Å². The number of hydrogen-bond acceptors (Lipinski definition) is 7. The quantitative estimate of drug-likeness (QED) is 0.312. The fraction of sp³-hybridized carbons (Fsp3) is 0.316. The van der Waals surface area contributed by atoms with E-state index in [9.17, 15) is 4.39 Å². The van der Waals surface area contributed by atoms with Crippen LogP contribution in [0.25, 0.3) is 0 Å². The Morgan fingerprint density at radius 1 is 1.20 bits per heavy atom. The predicted molar refractivity (Wildman–Crippen MR) is 113 cm³/mol. The number of aromatic nitrogens is 4. The Morgan fingerprint density at radius 3 is 2.63 bits per heavy atom. The zero-order valence-corrected chi connectivity index (χ0v) is 19.6. The molecule has 0 radical (unpaired) electrons. The summed E-state index contributed by atoms with van der Waals surface area (Å²) in [6, 6.07) is 10.2. The summed E-state index contributed by atoms with van der Waals surface area (Å²) in [5, 5.41) is 15.5. The average molecular weight is 518 g/mol. The number of hydrogen-bond donors (Lipinski definition) is 1. The number of nitrogens with one attached hydrogen (secondary N) is 1. The van der Waals surface area contributed by atoms with E-state index in [0.717, 1.165) is 33.1 Å². The minimum Gasteiger partial charge on any atom is -1.00 e. The molecule has 0 bridgehead atoms. The van der Waals surface area contributed by atoms with E-state index in [0.29, 0.717) is 24.7 Å². The first-order valence-electron chi connectivity index (χ1n) is 8.86. The fourth-order valence-corrected chi connectivity index (χ4v) is 3.89. The maximum absolute atomic E-state index is 13.0. The summed E-state index contributed by atoms with van der Waals surface area (Å²) < 4.78 is 26.9. The van der Waals surface area contributed by atoms with Gasteiger partial charge in [-0.3, -0.25) is 0 Å². The van der Waals surface area contributed by atoms with Gasteiger partial charge in [0, 0.05) is 25.9 Å². The predicted octanol–water partition coefficient (Wildman–Crippen LogP) is 0.585. The number of nitrogens with zero attached hydrogens (tertiary/aromatic N) is 4. The van der Waals surface area contributed by atoms with E-state index in [4.69, 9.17) is 9.47 Å². The van der Waals surface area contributed by atoms with E-state index in [2.05, 4.69) is 36.8 Å². The molecule has 30 heavy (non-hydrogen) atoms. The van der Waals surface area contributed by atoms with Crippen LogP contribution in [-0.2, 0) is 20.2 Å². The summed E-state index contributed by atoms with van der Waals surface area (Å²) in [6.45, 7) is 1.81. The first kappa shape index (κ1) is 24.4. The second-order valence-electron chi connectivity index (χ2n) is 6.13. The Balaban J connectivity index is 0.00000320. The highest BCUT2D eigenvalue weighted by Crippen LogP contribution is 2.37. The minimum absolute atomic E-state index is 0. The number of ether oxygens (including phenoxy) is 2. The molecular weight excluding hydrogens is 497 g/mol. The van der Waals surface area contributed by atoms with Gasteiger partial charge in [-0.1, -0.05) is 23.9 Å². The summed E-state index contributed by atoms with van der Waals surface area (Å²) >= 11 is 5.15. The van der Waals surface area contributed by atoms with Crippen molar-refractivity contribution in [2.45, 2.75) is 18.3 Å². The van der Waals surface area contributed by atoms with E-state index in [1.807, 2.05) is 19.2 Å². The minimum atomic E-state index is -0.268. The van der Waals surface area contributed by atoms with Crippen molar-refractivity contribution in [3.63, 3.8) is 0 Å². The van der Waals surface area contributed by atoms with Gasteiger partial charge in [0.25, 0.3) is 0 Å². The highest BCUT2D eigenvalue weighted by molar-refractivity contribution is 9.10. The Morgan fingerprint density at radius 2 is 1.97 bits per heavy atom. The number of benzene rings is 2. The zero-order chi connectivity index (χ0) is 20.6. The van der Waals surface area contributed by atoms with Gasteiger partial charge in [0.05, 0.1) is 11.6 Å². The largest absolute Gasteiger partial charge is 1.00 e. The molecule has 11 heteroatoms. The van der Waals surface area contributed by atoms with Gasteiger partial charge in [0.15, 0.2) is 11.5 Å². The number of rotatable bonds is 10. The van der Waals surface area contributed by atoms with Crippen LogP contribution in [0.3, 0.4) is 0 Å². The second kappa shape index (κ2) is 12.1. The Labute approximate surface area is 193 Å². The van der Waals surface area contributed by atoms with Crippen LogP contribution in [0.2, 0.25) is 0 Å². The van der Waals surface area contributed by atoms with E-state index >= 15 is 0 Å². The highest BCUT2D eigenvalue weighted by atomic mass is 79.9. The van der Waals surface area contributed by atoms with Crippen molar-refractivity contribution in [1.82, 2.24) is 25.5 Å². The average Bonchev–Trinajstić information content (AvgIpc) is 3.12. The molecule has 0 aliphatic rings. The first-order chi connectivity index (χ1) is 14.1. The molecule has 2 aromatic carbocycles. The summed E-state index contributed by atoms with van der Waals surface area (Å²) in [4.78, 5) is 0. The van der Waals surface area contributed by atoms with Gasteiger partial charge in [0.2, 0.25) is 5.16 Å². The van der Waals surface area contributed by atoms with Crippen molar-refractivity contribution in [3.8, 4) is 11.5 Å². The van der Waals surface area contributed by atoms with Crippen molar-refractivity contribution >= 4 is 27.7 Å². The first-order valence-corrected chi connectivity index (χ1v) is 10.6. The smallest absolute Gasteiger partial charge is 0.209 e. The number of thioether (sulfide) groups is 1. The lowest BCUT2D eigenvalue weighted by Crippen LogP contribution is -3.00. The topological polar surface area (TPSA) is 74.1 Å². The summed E-state index contributed by atoms with van der Waals surface area (Å²) in [5.74, 6) is 1.84. The molecule has 0 atom stereocenters. The molecule has 0 aliphatic carbocycles. The van der Waals surface area contributed by atoms with Crippen molar-refractivity contribution in [3.05, 3.63) is 57.8 Å². The van der Waals surface area contributed by atoms with E-state index in [1.54, 1.807) is 35.7 Å². The molecule has 0 unspecified atom stereocenters. The molecule has 162 valence electrons. The van der Waals surface area contributed by atoms with Gasteiger partial charge in [-0.25, -0.2) is 9.07 Å². The third-order valence-electron chi connectivity index (χ3n) is 4.01. The third-order valence-corrected chi connectivity index (χ3v) is 5.61. The number of tetrazole rings is 1. The van der Waals surface area contributed by atoms with Crippen molar-refractivity contribution < 1.29 is 26.3 Å². The molecule has 1 heterocycles. The lowest BCUT2D eigenvalue weighted by atomic mass is 10.2. The number of methoxy groups -OCH3 is 1. The van der Waals surface area contributed by atoms with Crippen molar-refractivity contribution in [2.75, 3.05) is 19.4 Å². The van der Waals surface area contributed by atoms with Gasteiger partial charge in [-0.15, -0.1) is 5.10 Å². The van der Waals surface area contributed by atoms with Crippen LogP contribution >= 0.6 is 27.7 Å². The van der Waals surface area contributed by atoms with Crippen LogP contribution in [0.15, 0.2) is 46.0 Å². The maximum Gasteiger partial charge on any atom is 0.209 e. The molecule has 3 aromatic rings. The van der Waals surface area contributed by atoms with Crippen molar-refractivity contribution in [2.24, 2.45) is 7.05 Å². The molecule has 0 saturated heterocycles. The van der Waals surface area contributed by atoms with Crippen LogP contribution in [0.4, 0.5) is 4.39 Å². The SMILES string of the molecule is COc1cc(CNCCSc2nnnn2C)cc(Br)c1OCc1ccc(F)cc1.[Cl-]. The Kier molecular flexibility index (Phi) is 9.83. The molecule has 0 saturated carbocycles. The monoisotopic (exact) mass is 516 g/mol. The van der Waals surface area contributed by atoms with Crippen LogP contribution in [0, 0.1) is 5.82 Å². The zero-order valence-electron chi connectivity index (χ0n) is 16.4. The standard InChI is InChI=1S/C19H21BrFN5O2S.ClH/c1-26-19(23-24-25-26)29-8-7-22-11-14-9-16(20)18(17(10-14)27-2)28-12-13-3-5-15(21)6-4-13;/h3-6,9-10,22H,7-8,11-12H2,1-2H3;1H/p-1. The van der Waals surface area contributed by atoms with Gasteiger partial charge >= 0.3 is 0 Å². The lowest BCUT2D eigenvalue weighted by molar-refractivity contribution is -0.00000718. The number of aryl methyl sites for hydroxylation is 1. The molecule has 3 rings (SSSR count). The molecule has 0 fully saturated rings. The normalized spacial score (nSPS) is 10.5. The molecule has 7 nitrogen and oxygen atoms in total. The van der Waals surface area contributed by atoms with E-state index in [-0.39, 0.29) is 18.2 Å². The van der Waals surface area contributed by atoms with E-state index < -0.39 is 0 Å². The van der Waals surface area contributed by atoms with Crippen LogP contribution in [0.5, 0.6) is 11.5 Å². The Hall–Kier alpha value is -1.88. The second-order valence-corrected chi connectivity index (χ2v) is 8.05.